The van der Waals surface area contributed by atoms with E-state index in [0.29, 0.717) is 0 Å². The lowest BCUT2D eigenvalue weighted by Gasteiger charge is -1.81. The molecule has 2 radical (unpaired) electrons. The number of hydrogen-bond donors (Lipinski definition) is 0. The summed E-state index contributed by atoms with van der Waals surface area (Å²) in [5, 5.41) is 0. The molecule has 0 saturated heterocycles. The molecule has 0 amide bonds. The summed E-state index contributed by atoms with van der Waals surface area (Å²) in [7, 11) is 0. The Morgan fingerprint density at radius 1 is 1.38 bits per heavy atom. The van der Waals surface area contributed by atoms with Crippen LogP contribution < -0.4 is 0 Å². The first-order chi connectivity index (χ1) is 3.77. The van der Waals surface area contributed by atoms with Crippen molar-refractivity contribution in [2.24, 2.45) is 5.92 Å². The first kappa shape index (κ1) is 7.12. The van der Waals surface area contributed by atoms with Crippen molar-refractivity contribution >= 4 is 0 Å². The van der Waals surface area contributed by atoms with E-state index in [1.165, 1.54) is 0 Å². The molecule has 0 spiro atoms. The van der Waals surface area contributed by atoms with Crippen molar-refractivity contribution in [3.05, 3.63) is 13.8 Å². The van der Waals surface area contributed by atoms with Crippen LogP contribution in [0.3, 0.4) is 0 Å². The molecule has 0 rings (SSSR count). The number of hydrogen-bond acceptors (Lipinski definition) is 0. The van der Waals surface area contributed by atoms with E-state index in [1.54, 1.807) is 0 Å². The van der Waals surface area contributed by atoms with Crippen molar-refractivity contribution in [1.82, 2.24) is 0 Å². The molecule has 0 heteroatoms. The zero-order valence-electron chi connectivity index (χ0n) is 4.99. The van der Waals surface area contributed by atoms with Crippen LogP contribution in [0.15, 0.2) is 0 Å². The molecule has 0 aromatic heterocycles. The van der Waals surface area contributed by atoms with Crippen molar-refractivity contribution in [3.63, 3.8) is 0 Å². The Hall–Kier alpha value is -0.880. The van der Waals surface area contributed by atoms with Gasteiger partial charge in [0.15, 0.2) is 0 Å². The third kappa shape index (κ3) is 5.12. The van der Waals surface area contributed by atoms with Gasteiger partial charge in [-0.1, -0.05) is 18.8 Å². The molecule has 0 aromatic carbocycles. The van der Waals surface area contributed by atoms with Crippen LogP contribution in [0, 0.1) is 43.4 Å². The molecule has 0 aliphatic heterocycles. The lowest BCUT2D eigenvalue weighted by atomic mass is 10.2. The van der Waals surface area contributed by atoms with Gasteiger partial charge in [-0.25, -0.2) is 0 Å². The minimum absolute atomic E-state index is 0.163. The second kappa shape index (κ2) is 4.28. The van der Waals surface area contributed by atoms with Gasteiger partial charge >= 0.3 is 0 Å². The van der Waals surface area contributed by atoms with Crippen LogP contribution in [0.25, 0.3) is 0 Å². The van der Waals surface area contributed by atoms with Crippen LogP contribution in [0.4, 0.5) is 0 Å². The standard InChI is InChI=1S/C8H8/c1-4-5-6-7-8(2)3/h8H,1-2H2,3H3. The SMILES string of the molecule is [CH2]C#CC#CC([CH2])C. The van der Waals surface area contributed by atoms with E-state index in [4.69, 9.17) is 0 Å². The molecule has 0 heterocycles. The van der Waals surface area contributed by atoms with E-state index >= 15 is 0 Å². The third-order valence-corrected chi connectivity index (χ3v) is 0.469. The fourth-order valence-electron chi connectivity index (χ4n) is 0.203. The molecule has 0 aliphatic rings. The summed E-state index contributed by atoms with van der Waals surface area (Å²) >= 11 is 0. The summed E-state index contributed by atoms with van der Waals surface area (Å²) in [4.78, 5) is 0. The van der Waals surface area contributed by atoms with Crippen LogP contribution in [0.1, 0.15) is 6.92 Å². The molecule has 0 aliphatic carbocycles. The van der Waals surface area contributed by atoms with Crippen LogP contribution >= 0.6 is 0 Å². The zero-order valence-corrected chi connectivity index (χ0v) is 4.99. The average molecular weight is 104 g/mol. The lowest BCUT2D eigenvalue weighted by Crippen LogP contribution is -1.76. The molecular formula is C8H8. The van der Waals surface area contributed by atoms with Gasteiger partial charge < -0.3 is 0 Å². The molecule has 0 N–H and O–H groups in total. The van der Waals surface area contributed by atoms with Crippen molar-refractivity contribution in [2.45, 2.75) is 6.92 Å². The summed E-state index contributed by atoms with van der Waals surface area (Å²) in [6.45, 7) is 8.86. The van der Waals surface area contributed by atoms with E-state index < -0.39 is 0 Å². The van der Waals surface area contributed by atoms with Gasteiger partial charge in [0.25, 0.3) is 0 Å². The highest BCUT2D eigenvalue weighted by atomic mass is 13.8. The van der Waals surface area contributed by atoms with Crippen molar-refractivity contribution in [2.75, 3.05) is 0 Å². The van der Waals surface area contributed by atoms with Crippen molar-refractivity contribution < 1.29 is 0 Å². The normalized spacial score (nSPS) is 6.50. The second-order valence-electron chi connectivity index (χ2n) is 1.47. The highest BCUT2D eigenvalue weighted by molar-refractivity contribution is 5.27. The largest absolute Gasteiger partial charge is 0.0881 e. The van der Waals surface area contributed by atoms with Crippen LogP contribution in [0.5, 0.6) is 0 Å². The Bertz CT molecular complexity index is 154. The molecule has 8 heavy (non-hydrogen) atoms. The van der Waals surface area contributed by atoms with Gasteiger partial charge in [0.05, 0.1) is 0 Å². The molecule has 0 fully saturated rings. The fraction of sp³-hybridized carbons (Fsp3) is 0.250. The third-order valence-electron chi connectivity index (χ3n) is 0.469. The number of rotatable bonds is 0. The molecule has 0 saturated carbocycles. The molecule has 0 aromatic rings. The van der Waals surface area contributed by atoms with E-state index in [9.17, 15) is 0 Å². The fourth-order valence-corrected chi connectivity index (χ4v) is 0.203. The highest BCUT2D eigenvalue weighted by Crippen LogP contribution is 1.82. The Labute approximate surface area is 51.3 Å². The Kier molecular flexibility index (Phi) is 3.81. The molecule has 40 valence electrons. The van der Waals surface area contributed by atoms with Crippen LogP contribution in [-0.2, 0) is 0 Å². The maximum absolute atomic E-state index is 3.65. The average Bonchev–Trinajstić information content (AvgIpc) is 1.66. The first-order valence-electron chi connectivity index (χ1n) is 2.38. The lowest BCUT2D eigenvalue weighted by molar-refractivity contribution is 0.978. The quantitative estimate of drug-likeness (QED) is 0.406. The van der Waals surface area contributed by atoms with Gasteiger partial charge in [-0.15, -0.1) is 0 Å². The van der Waals surface area contributed by atoms with Gasteiger partial charge in [-0.3, -0.25) is 0 Å². The van der Waals surface area contributed by atoms with Gasteiger partial charge in [0.2, 0.25) is 0 Å². The topological polar surface area (TPSA) is 0 Å². The van der Waals surface area contributed by atoms with Gasteiger partial charge in [0.1, 0.15) is 0 Å². The first-order valence-corrected chi connectivity index (χ1v) is 2.38. The monoisotopic (exact) mass is 104 g/mol. The van der Waals surface area contributed by atoms with E-state index in [2.05, 4.69) is 37.5 Å². The van der Waals surface area contributed by atoms with E-state index in [1.807, 2.05) is 6.92 Å². The summed E-state index contributed by atoms with van der Waals surface area (Å²) in [5.74, 6) is 10.5. The summed E-state index contributed by atoms with van der Waals surface area (Å²) in [6, 6.07) is 0. The summed E-state index contributed by atoms with van der Waals surface area (Å²) in [5.41, 5.74) is 0. The maximum Gasteiger partial charge on any atom is 0.0209 e. The minimum Gasteiger partial charge on any atom is -0.0881 e. The van der Waals surface area contributed by atoms with Gasteiger partial charge in [-0.05, 0) is 18.8 Å². The molecule has 0 bridgehead atoms. The predicted octanol–water partition coefficient (Wildman–Crippen LogP) is 1.30. The Morgan fingerprint density at radius 3 is 2.38 bits per heavy atom. The zero-order chi connectivity index (χ0) is 6.41. The summed E-state index contributed by atoms with van der Waals surface area (Å²) < 4.78 is 0. The van der Waals surface area contributed by atoms with Gasteiger partial charge in [-0.2, -0.15) is 0 Å². The highest BCUT2D eigenvalue weighted by Gasteiger charge is 1.77. The maximum atomic E-state index is 3.65. The molecular weight excluding hydrogens is 96.1 g/mol. The molecule has 1 atom stereocenters. The Balaban J connectivity index is 3.62. The van der Waals surface area contributed by atoms with Crippen molar-refractivity contribution in [3.8, 4) is 23.7 Å². The second-order valence-corrected chi connectivity index (χ2v) is 1.47. The van der Waals surface area contributed by atoms with Gasteiger partial charge in [0, 0.05) is 12.8 Å². The smallest absolute Gasteiger partial charge is 0.0209 e. The minimum atomic E-state index is 0.163. The van der Waals surface area contributed by atoms with E-state index in [0.717, 1.165) is 0 Å². The van der Waals surface area contributed by atoms with E-state index in [-0.39, 0.29) is 5.92 Å². The summed E-state index contributed by atoms with van der Waals surface area (Å²) in [6.07, 6.45) is 0. The van der Waals surface area contributed by atoms with Crippen LogP contribution in [-0.4, -0.2) is 0 Å². The molecule has 0 nitrogen and oxygen atoms in total. The van der Waals surface area contributed by atoms with Crippen molar-refractivity contribution in [1.29, 1.82) is 0 Å². The van der Waals surface area contributed by atoms with Crippen LogP contribution in [0.2, 0.25) is 0 Å². The molecule has 1 unspecified atom stereocenters. The predicted molar refractivity (Wildman–Crippen MR) is 35.4 cm³/mol. The Morgan fingerprint density at radius 2 is 2.00 bits per heavy atom.